The van der Waals surface area contributed by atoms with Gasteiger partial charge in [-0.15, -0.1) is 0 Å². The Kier molecular flexibility index (Phi) is 4.82. The summed E-state index contributed by atoms with van der Waals surface area (Å²) in [5.41, 5.74) is 0.934. The van der Waals surface area contributed by atoms with Crippen molar-refractivity contribution in [2.24, 2.45) is 0 Å². The molecule has 0 radical (unpaired) electrons. The number of likely N-dealkylation sites (tertiary alicyclic amines) is 1. The topological polar surface area (TPSA) is 66.5 Å². The Morgan fingerprint density at radius 2 is 1.84 bits per heavy atom. The lowest BCUT2D eigenvalue weighted by Crippen LogP contribution is -2.41. The van der Waals surface area contributed by atoms with Crippen LogP contribution in [0.1, 0.15) is 12.0 Å². The van der Waals surface area contributed by atoms with Gasteiger partial charge in [-0.1, -0.05) is 30.3 Å². The number of carbonyl (C=O) groups excluding carboxylic acids is 1. The number of hydrogen-bond donors (Lipinski definition) is 1. The van der Waals surface area contributed by atoms with Crippen molar-refractivity contribution in [2.75, 3.05) is 6.54 Å². The maximum absolute atomic E-state index is 13.7. The lowest BCUT2D eigenvalue weighted by molar-refractivity contribution is -0.129. The van der Waals surface area contributed by atoms with Crippen molar-refractivity contribution in [3.05, 3.63) is 65.7 Å². The molecule has 0 bridgehead atoms. The van der Waals surface area contributed by atoms with Gasteiger partial charge in [-0.2, -0.15) is 4.72 Å². The van der Waals surface area contributed by atoms with E-state index in [0.717, 1.165) is 17.7 Å². The number of halogens is 2. The summed E-state index contributed by atoms with van der Waals surface area (Å²) < 4.78 is 53.5. The van der Waals surface area contributed by atoms with E-state index in [0.29, 0.717) is 19.2 Å². The average Bonchev–Trinajstić information content (AvgIpc) is 2.88. The van der Waals surface area contributed by atoms with Crippen LogP contribution < -0.4 is 4.72 Å². The Balaban J connectivity index is 1.72. The minimum Gasteiger partial charge on any atom is -0.337 e. The van der Waals surface area contributed by atoms with Crippen LogP contribution in [0.3, 0.4) is 0 Å². The molecule has 0 aliphatic carbocycles. The molecule has 5 nitrogen and oxygen atoms in total. The van der Waals surface area contributed by atoms with Crippen molar-refractivity contribution >= 4 is 15.9 Å². The standard InChI is InChI=1S/C17H16F2N2O3S/c18-13-6-7-16(14(19)10-13)25(23,24)20-15-8-9-21(17(15)22)11-12-4-2-1-3-5-12/h1-7,10,15,20H,8-9,11H2/t15-/m1/s1. The van der Waals surface area contributed by atoms with Crippen LogP contribution in [-0.2, 0) is 21.4 Å². The van der Waals surface area contributed by atoms with Gasteiger partial charge >= 0.3 is 0 Å². The van der Waals surface area contributed by atoms with Crippen LogP contribution in [0.2, 0.25) is 0 Å². The van der Waals surface area contributed by atoms with Crippen molar-refractivity contribution < 1.29 is 22.0 Å². The first kappa shape index (κ1) is 17.5. The number of nitrogens with one attached hydrogen (secondary N) is 1. The van der Waals surface area contributed by atoms with E-state index >= 15 is 0 Å². The summed E-state index contributed by atoms with van der Waals surface area (Å²) in [5.74, 6) is -2.43. The van der Waals surface area contributed by atoms with Crippen molar-refractivity contribution in [1.82, 2.24) is 9.62 Å². The van der Waals surface area contributed by atoms with Crippen LogP contribution in [0.5, 0.6) is 0 Å². The molecule has 0 saturated carbocycles. The van der Waals surface area contributed by atoms with Gasteiger partial charge in [0.2, 0.25) is 15.9 Å². The van der Waals surface area contributed by atoms with E-state index < -0.39 is 32.6 Å². The molecule has 2 aromatic rings. The third-order valence-corrected chi connectivity index (χ3v) is 5.50. The highest BCUT2D eigenvalue weighted by Crippen LogP contribution is 2.20. The van der Waals surface area contributed by atoms with Crippen LogP contribution in [-0.4, -0.2) is 31.8 Å². The molecule has 0 unspecified atom stereocenters. The summed E-state index contributed by atoms with van der Waals surface area (Å²) in [5, 5.41) is 0. The molecular weight excluding hydrogens is 350 g/mol. The predicted octanol–water partition coefficient (Wildman–Crippen LogP) is 2.04. The van der Waals surface area contributed by atoms with Crippen molar-refractivity contribution in [1.29, 1.82) is 0 Å². The van der Waals surface area contributed by atoms with Gasteiger partial charge in [-0.3, -0.25) is 4.79 Å². The first-order valence-corrected chi connectivity index (χ1v) is 9.15. The van der Waals surface area contributed by atoms with Crippen LogP contribution in [0.15, 0.2) is 53.4 Å². The van der Waals surface area contributed by atoms with Gasteiger partial charge in [-0.25, -0.2) is 17.2 Å². The number of carbonyl (C=O) groups is 1. The second kappa shape index (κ2) is 6.89. The highest BCUT2D eigenvalue weighted by Gasteiger charge is 2.35. The summed E-state index contributed by atoms with van der Waals surface area (Å²) in [7, 11) is -4.26. The normalized spacial score (nSPS) is 17.9. The maximum Gasteiger partial charge on any atom is 0.244 e. The Morgan fingerprint density at radius 1 is 1.12 bits per heavy atom. The predicted molar refractivity (Wildman–Crippen MR) is 86.9 cm³/mol. The molecule has 1 aliphatic rings. The van der Waals surface area contributed by atoms with E-state index in [1.807, 2.05) is 30.3 Å². The van der Waals surface area contributed by atoms with E-state index in [1.54, 1.807) is 4.90 Å². The lowest BCUT2D eigenvalue weighted by Gasteiger charge is -2.17. The van der Waals surface area contributed by atoms with E-state index in [4.69, 9.17) is 0 Å². The Hall–Kier alpha value is -2.32. The fraction of sp³-hybridized carbons (Fsp3) is 0.235. The molecule has 1 aliphatic heterocycles. The molecule has 8 heteroatoms. The second-order valence-corrected chi connectivity index (χ2v) is 7.47. The zero-order valence-electron chi connectivity index (χ0n) is 13.2. The highest BCUT2D eigenvalue weighted by atomic mass is 32.2. The number of sulfonamides is 1. The molecule has 0 aromatic heterocycles. The van der Waals surface area contributed by atoms with Gasteiger partial charge in [0.15, 0.2) is 0 Å². The number of amides is 1. The Morgan fingerprint density at radius 3 is 2.52 bits per heavy atom. The monoisotopic (exact) mass is 366 g/mol. The summed E-state index contributed by atoms with van der Waals surface area (Å²) in [4.78, 5) is 13.3. The fourth-order valence-electron chi connectivity index (χ4n) is 2.75. The van der Waals surface area contributed by atoms with E-state index in [9.17, 15) is 22.0 Å². The van der Waals surface area contributed by atoms with Gasteiger partial charge in [0.25, 0.3) is 0 Å². The average molecular weight is 366 g/mol. The molecular formula is C17H16F2N2O3S. The third-order valence-electron chi connectivity index (χ3n) is 3.99. The molecule has 1 amide bonds. The molecule has 3 rings (SSSR count). The van der Waals surface area contributed by atoms with Gasteiger partial charge in [0, 0.05) is 19.2 Å². The van der Waals surface area contributed by atoms with Crippen LogP contribution in [0.4, 0.5) is 8.78 Å². The number of rotatable bonds is 5. The summed E-state index contributed by atoms with van der Waals surface area (Å²) >= 11 is 0. The molecule has 1 N–H and O–H groups in total. The molecule has 2 aromatic carbocycles. The molecule has 25 heavy (non-hydrogen) atoms. The number of hydrogen-bond acceptors (Lipinski definition) is 3. The molecule has 132 valence electrons. The van der Waals surface area contributed by atoms with Gasteiger partial charge in [-0.05, 0) is 24.1 Å². The Bertz CT molecular complexity index is 888. The lowest BCUT2D eigenvalue weighted by atomic mass is 10.2. The number of nitrogens with zero attached hydrogens (tertiary/aromatic N) is 1. The largest absolute Gasteiger partial charge is 0.337 e. The van der Waals surface area contributed by atoms with Crippen LogP contribution in [0, 0.1) is 11.6 Å². The van der Waals surface area contributed by atoms with Crippen molar-refractivity contribution in [3.8, 4) is 0 Å². The quantitative estimate of drug-likeness (QED) is 0.881. The molecule has 1 fully saturated rings. The second-order valence-electron chi connectivity index (χ2n) is 5.78. The highest BCUT2D eigenvalue weighted by molar-refractivity contribution is 7.89. The first-order valence-electron chi connectivity index (χ1n) is 7.67. The molecule has 1 atom stereocenters. The third kappa shape index (κ3) is 3.85. The molecule has 1 heterocycles. The SMILES string of the molecule is O=C1[C@H](NS(=O)(=O)c2ccc(F)cc2F)CCN1Cc1ccccc1. The van der Waals surface area contributed by atoms with Gasteiger partial charge < -0.3 is 4.90 Å². The number of benzene rings is 2. The van der Waals surface area contributed by atoms with Crippen molar-refractivity contribution in [2.45, 2.75) is 23.9 Å². The van der Waals surface area contributed by atoms with E-state index in [1.165, 1.54) is 0 Å². The van der Waals surface area contributed by atoms with E-state index in [-0.39, 0.29) is 12.3 Å². The van der Waals surface area contributed by atoms with Crippen LogP contribution in [0.25, 0.3) is 0 Å². The van der Waals surface area contributed by atoms with Crippen molar-refractivity contribution in [3.63, 3.8) is 0 Å². The Labute approximate surface area is 144 Å². The van der Waals surface area contributed by atoms with Gasteiger partial charge in [0.1, 0.15) is 22.6 Å². The maximum atomic E-state index is 13.7. The fourth-order valence-corrected chi connectivity index (χ4v) is 4.04. The minimum atomic E-state index is -4.26. The summed E-state index contributed by atoms with van der Waals surface area (Å²) in [6.45, 7) is 0.773. The minimum absolute atomic E-state index is 0.285. The zero-order valence-corrected chi connectivity index (χ0v) is 14.0. The van der Waals surface area contributed by atoms with Gasteiger partial charge in [0.05, 0.1) is 0 Å². The molecule has 1 saturated heterocycles. The summed E-state index contributed by atoms with van der Waals surface area (Å²) in [6.07, 6.45) is 0.285. The first-order chi connectivity index (χ1) is 11.9. The summed E-state index contributed by atoms with van der Waals surface area (Å²) in [6, 6.07) is 10.6. The smallest absolute Gasteiger partial charge is 0.244 e. The van der Waals surface area contributed by atoms with E-state index in [2.05, 4.69) is 4.72 Å². The molecule has 0 spiro atoms. The zero-order chi connectivity index (χ0) is 18.0. The van der Waals surface area contributed by atoms with Crippen LogP contribution >= 0.6 is 0 Å².